The average Bonchev–Trinajstić information content (AvgIpc) is 2.72. The van der Waals surface area contributed by atoms with E-state index in [4.69, 9.17) is 0 Å². The van der Waals surface area contributed by atoms with Crippen LogP contribution in [0.3, 0.4) is 0 Å². The molecule has 0 spiro atoms. The number of pyridine rings is 1. The molecule has 30 heavy (non-hydrogen) atoms. The number of ketones is 1. The van der Waals surface area contributed by atoms with E-state index in [0.29, 0.717) is 24.8 Å². The minimum Gasteiger partial charge on any atom is -0.294 e. The topological polar surface area (TPSA) is 30.0 Å². The smallest absolute Gasteiger partial charge is 0.294 e. The highest BCUT2D eigenvalue weighted by Gasteiger charge is 2.30. The number of halogens is 3. The molecule has 0 amide bonds. The monoisotopic (exact) mass is 411 g/mol. The van der Waals surface area contributed by atoms with Crippen LogP contribution in [0, 0.1) is 0 Å². The van der Waals surface area contributed by atoms with Crippen molar-refractivity contribution in [3.63, 3.8) is 0 Å². The largest absolute Gasteiger partial charge is 0.416 e. The number of carbonyl (C=O) groups excluding carboxylic acids is 1. The predicted molar refractivity (Wildman–Crippen MR) is 112 cm³/mol. The fraction of sp³-hybridized carbons (Fsp3) is 0.280. The van der Waals surface area contributed by atoms with Gasteiger partial charge in [-0.2, -0.15) is 13.2 Å². The van der Waals surface area contributed by atoms with Gasteiger partial charge in [-0.3, -0.25) is 9.78 Å². The lowest BCUT2D eigenvalue weighted by Crippen LogP contribution is -2.05. The van der Waals surface area contributed by atoms with Gasteiger partial charge in [0.15, 0.2) is 5.78 Å². The van der Waals surface area contributed by atoms with Gasteiger partial charge in [0.2, 0.25) is 0 Å². The molecule has 2 aromatic carbocycles. The fourth-order valence-corrected chi connectivity index (χ4v) is 3.33. The molecule has 3 rings (SSSR count). The number of nitrogens with zero attached hydrogens (tertiary/aromatic N) is 1. The lowest BCUT2D eigenvalue weighted by Gasteiger charge is -2.09. The number of unbranched alkanes of at least 4 members (excludes halogenated alkanes) is 1. The van der Waals surface area contributed by atoms with Crippen molar-refractivity contribution in [2.45, 2.75) is 45.2 Å². The number of hydrogen-bond donors (Lipinski definition) is 0. The molecule has 0 aliphatic carbocycles. The molecule has 0 fully saturated rings. The molecule has 0 saturated heterocycles. The van der Waals surface area contributed by atoms with Crippen LogP contribution >= 0.6 is 0 Å². The molecular weight excluding hydrogens is 387 g/mol. The standard InChI is InChI=1S/C25H24F3NO/c1-2-3-7-24(30)21-10-8-18(9-11-21)16-23-17-20(12-13-29-23)14-19-5-4-6-22(15-19)25(26,27)28/h4-6,8-13,15,17H,2-3,7,14,16H2,1H3. The van der Waals surface area contributed by atoms with E-state index in [2.05, 4.69) is 11.9 Å². The maximum Gasteiger partial charge on any atom is 0.416 e. The van der Waals surface area contributed by atoms with Gasteiger partial charge in [0.25, 0.3) is 0 Å². The van der Waals surface area contributed by atoms with Gasteiger partial charge in [-0.15, -0.1) is 0 Å². The van der Waals surface area contributed by atoms with Crippen LogP contribution in [-0.2, 0) is 19.0 Å². The first-order chi connectivity index (χ1) is 14.3. The third-order valence-corrected chi connectivity index (χ3v) is 4.96. The van der Waals surface area contributed by atoms with Crippen LogP contribution in [0.5, 0.6) is 0 Å². The Morgan fingerprint density at radius 3 is 2.33 bits per heavy atom. The summed E-state index contributed by atoms with van der Waals surface area (Å²) in [5.74, 6) is 0.157. The van der Waals surface area contributed by atoms with Crippen molar-refractivity contribution in [1.29, 1.82) is 0 Å². The molecule has 0 radical (unpaired) electrons. The van der Waals surface area contributed by atoms with E-state index in [0.717, 1.165) is 41.3 Å². The number of aromatic nitrogens is 1. The van der Waals surface area contributed by atoms with Crippen LogP contribution < -0.4 is 0 Å². The molecule has 0 saturated carbocycles. The summed E-state index contributed by atoms with van der Waals surface area (Å²) in [6.07, 6.45) is 0.791. The molecule has 156 valence electrons. The van der Waals surface area contributed by atoms with Gasteiger partial charge >= 0.3 is 6.18 Å². The minimum absolute atomic E-state index is 0.157. The van der Waals surface area contributed by atoms with E-state index in [1.54, 1.807) is 12.3 Å². The second-order valence-electron chi connectivity index (χ2n) is 7.43. The highest BCUT2D eigenvalue weighted by atomic mass is 19.4. The third kappa shape index (κ3) is 6.02. The second-order valence-corrected chi connectivity index (χ2v) is 7.43. The zero-order chi connectivity index (χ0) is 21.6. The van der Waals surface area contributed by atoms with Gasteiger partial charge in [-0.25, -0.2) is 0 Å². The van der Waals surface area contributed by atoms with Gasteiger partial charge in [0, 0.05) is 30.3 Å². The molecule has 1 heterocycles. The number of hydrogen-bond acceptors (Lipinski definition) is 2. The molecule has 3 aromatic rings. The lowest BCUT2D eigenvalue weighted by molar-refractivity contribution is -0.137. The van der Waals surface area contributed by atoms with Gasteiger partial charge in [0.1, 0.15) is 0 Å². The summed E-state index contributed by atoms with van der Waals surface area (Å²) in [6, 6.07) is 16.7. The van der Waals surface area contributed by atoms with E-state index in [1.807, 2.05) is 36.4 Å². The molecule has 0 bridgehead atoms. The molecule has 0 aliphatic rings. The molecule has 1 aromatic heterocycles. The fourth-order valence-electron chi connectivity index (χ4n) is 3.33. The highest BCUT2D eigenvalue weighted by Crippen LogP contribution is 2.30. The van der Waals surface area contributed by atoms with E-state index in [1.165, 1.54) is 12.1 Å². The molecule has 5 heteroatoms. The van der Waals surface area contributed by atoms with Crippen molar-refractivity contribution >= 4 is 5.78 Å². The first kappa shape index (κ1) is 21.8. The predicted octanol–water partition coefficient (Wildman–Crippen LogP) is 6.65. The van der Waals surface area contributed by atoms with Crippen molar-refractivity contribution in [3.05, 3.63) is 100 Å². The Labute approximate surface area is 174 Å². The molecule has 0 N–H and O–H groups in total. The SMILES string of the molecule is CCCCC(=O)c1ccc(Cc2cc(Cc3cccc(C(F)(F)F)c3)ccn2)cc1. The summed E-state index contributed by atoms with van der Waals surface area (Å²) >= 11 is 0. The third-order valence-electron chi connectivity index (χ3n) is 4.96. The Bertz CT molecular complexity index is 994. The van der Waals surface area contributed by atoms with E-state index in [9.17, 15) is 18.0 Å². The average molecular weight is 411 g/mol. The molecular formula is C25H24F3NO. The summed E-state index contributed by atoms with van der Waals surface area (Å²) < 4.78 is 38.8. The van der Waals surface area contributed by atoms with E-state index < -0.39 is 11.7 Å². The number of Topliss-reactive ketones (excluding diaryl/α,β-unsaturated/α-hetero) is 1. The summed E-state index contributed by atoms with van der Waals surface area (Å²) in [7, 11) is 0. The van der Waals surface area contributed by atoms with Crippen LogP contribution in [0.15, 0.2) is 66.9 Å². The molecule has 2 nitrogen and oxygen atoms in total. The highest BCUT2D eigenvalue weighted by molar-refractivity contribution is 5.96. The number of alkyl halides is 3. The Morgan fingerprint density at radius 2 is 1.63 bits per heavy atom. The van der Waals surface area contributed by atoms with Crippen LogP contribution in [-0.4, -0.2) is 10.8 Å². The van der Waals surface area contributed by atoms with Gasteiger partial charge in [-0.05, 0) is 47.7 Å². The number of benzene rings is 2. The summed E-state index contributed by atoms with van der Waals surface area (Å²) in [4.78, 5) is 16.5. The van der Waals surface area contributed by atoms with E-state index >= 15 is 0 Å². The quantitative estimate of drug-likeness (QED) is 0.388. The molecule has 0 unspecified atom stereocenters. The minimum atomic E-state index is -4.34. The zero-order valence-electron chi connectivity index (χ0n) is 16.9. The Hall–Kier alpha value is -2.95. The maximum absolute atomic E-state index is 12.9. The zero-order valence-corrected chi connectivity index (χ0v) is 16.9. The van der Waals surface area contributed by atoms with Crippen molar-refractivity contribution in [2.75, 3.05) is 0 Å². The van der Waals surface area contributed by atoms with Gasteiger partial charge in [0.05, 0.1) is 5.56 Å². The second kappa shape index (κ2) is 9.70. The number of carbonyl (C=O) groups is 1. The summed E-state index contributed by atoms with van der Waals surface area (Å²) in [5, 5.41) is 0. The van der Waals surface area contributed by atoms with Crippen molar-refractivity contribution in [2.24, 2.45) is 0 Å². The first-order valence-electron chi connectivity index (χ1n) is 10.1. The molecule has 0 atom stereocenters. The summed E-state index contributed by atoms with van der Waals surface area (Å²) in [6.45, 7) is 2.06. The maximum atomic E-state index is 12.9. The van der Waals surface area contributed by atoms with Crippen LogP contribution in [0.1, 0.15) is 64.5 Å². The molecule has 0 aliphatic heterocycles. The summed E-state index contributed by atoms with van der Waals surface area (Å²) in [5.41, 5.74) is 3.47. The van der Waals surface area contributed by atoms with E-state index in [-0.39, 0.29) is 5.78 Å². The van der Waals surface area contributed by atoms with Crippen LogP contribution in [0.4, 0.5) is 13.2 Å². The number of rotatable bonds is 8. The Morgan fingerprint density at radius 1 is 0.900 bits per heavy atom. The van der Waals surface area contributed by atoms with Gasteiger partial charge < -0.3 is 0 Å². The normalized spacial score (nSPS) is 11.5. The Kier molecular flexibility index (Phi) is 7.03. The van der Waals surface area contributed by atoms with Gasteiger partial charge in [-0.1, -0.05) is 55.8 Å². The van der Waals surface area contributed by atoms with Crippen LogP contribution in [0.2, 0.25) is 0 Å². The first-order valence-corrected chi connectivity index (χ1v) is 10.1. The lowest BCUT2D eigenvalue weighted by atomic mass is 10.00. The van der Waals surface area contributed by atoms with Crippen LogP contribution in [0.25, 0.3) is 0 Å². The Balaban J connectivity index is 1.68. The van der Waals surface area contributed by atoms with Crippen molar-refractivity contribution < 1.29 is 18.0 Å². The van der Waals surface area contributed by atoms with Crippen molar-refractivity contribution in [1.82, 2.24) is 4.98 Å². The van der Waals surface area contributed by atoms with Crippen molar-refractivity contribution in [3.8, 4) is 0 Å².